The Labute approximate surface area is 84.5 Å². The van der Waals surface area contributed by atoms with Gasteiger partial charge < -0.3 is 18.9 Å². The summed E-state index contributed by atoms with van der Waals surface area (Å²) >= 11 is 0. The van der Waals surface area contributed by atoms with Crippen molar-refractivity contribution < 1.29 is 18.9 Å². The summed E-state index contributed by atoms with van der Waals surface area (Å²) in [6, 6.07) is 0. The fourth-order valence-corrected chi connectivity index (χ4v) is 1.86. The van der Waals surface area contributed by atoms with E-state index in [-0.39, 0.29) is 12.2 Å². The molecule has 4 nitrogen and oxygen atoms in total. The molecule has 14 heavy (non-hydrogen) atoms. The standard InChI is InChI=1S/C10H18O4/c1-8(9-6-11-2-4-13-9)10-7-12-3-5-14-10/h8-10H,2-7H2,1H3. The Morgan fingerprint density at radius 2 is 1.36 bits per heavy atom. The Bertz CT molecular complexity index is 144. The highest BCUT2D eigenvalue weighted by Gasteiger charge is 2.30. The maximum atomic E-state index is 5.63. The normalized spacial score (nSPS) is 36.6. The van der Waals surface area contributed by atoms with Gasteiger partial charge in [0.15, 0.2) is 0 Å². The molecule has 0 aliphatic carbocycles. The molecule has 82 valence electrons. The lowest BCUT2D eigenvalue weighted by molar-refractivity contribution is -0.164. The van der Waals surface area contributed by atoms with Gasteiger partial charge in [-0.3, -0.25) is 0 Å². The van der Waals surface area contributed by atoms with Gasteiger partial charge in [-0.1, -0.05) is 6.92 Å². The molecule has 0 N–H and O–H groups in total. The zero-order valence-electron chi connectivity index (χ0n) is 8.61. The van der Waals surface area contributed by atoms with Crippen LogP contribution in [0.15, 0.2) is 0 Å². The topological polar surface area (TPSA) is 36.9 Å². The molecule has 4 heteroatoms. The first-order valence-electron chi connectivity index (χ1n) is 5.26. The fraction of sp³-hybridized carbons (Fsp3) is 1.00. The van der Waals surface area contributed by atoms with Crippen LogP contribution in [0.25, 0.3) is 0 Å². The van der Waals surface area contributed by atoms with Gasteiger partial charge >= 0.3 is 0 Å². The lowest BCUT2D eigenvalue weighted by Crippen LogP contribution is -2.44. The van der Waals surface area contributed by atoms with Crippen LogP contribution in [0.1, 0.15) is 6.92 Å². The van der Waals surface area contributed by atoms with Gasteiger partial charge in [0, 0.05) is 5.92 Å². The molecule has 2 atom stereocenters. The van der Waals surface area contributed by atoms with Crippen molar-refractivity contribution in [1.29, 1.82) is 0 Å². The molecular weight excluding hydrogens is 184 g/mol. The van der Waals surface area contributed by atoms with Crippen molar-refractivity contribution in [3.63, 3.8) is 0 Å². The average Bonchev–Trinajstić information content (AvgIpc) is 2.30. The summed E-state index contributed by atoms with van der Waals surface area (Å²) in [7, 11) is 0. The van der Waals surface area contributed by atoms with E-state index in [0.717, 1.165) is 0 Å². The summed E-state index contributed by atoms with van der Waals surface area (Å²) < 4.78 is 22.0. The van der Waals surface area contributed by atoms with Crippen LogP contribution >= 0.6 is 0 Å². The molecule has 0 aromatic rings. The second kappa shape index (κ2) is 5.07. The van der Waals surface area contributed by atoms with Crippen LogP contribution in [-0.2, 0) is 18.9 Å². The largest absolute Gasteiger partial charge is 0.376 e. The smallest absolute Gasteiger partial charge is 0.0860 e. The maximum absolute atomic E-state index is 5.63. The van der Waals surface area contributed by atoms with Gasteiger partial charge in [0.05, 0.1) is 51.8 Å². The monoisotopic (exact) mass is 202 g/mol. The van der Waals surface area contributed by atoms with Gasteiger partial charge in [-0.05, 0) is 0 Å². The Hall–Kier alpha value is -0.160. The molecule has 0 spiro atoms. The summed E-state index contributed by atoms with van der Waals surface area (Å²) in [5.41, 5.74) is 0. The van der Waals surface area contributed by atoms with Crippen LogP contribution in [0.4, 0.5) is 0 Å². The number of hydrogen-bond donors (Lipinski definition) is 0. The van der Waals surface area contributed by atoms with E-state index in [1.54, 1.807) is 0 Å². The third-order valence-corrected chi connectivity index (χ3v) is 2.86. The molecular formula is C10H18O4. The van der Waals surface area contributed by atoms with E-state index in [0.29, 0.717) is 45.6 Å². The van der Waals surface area contributed by atoms with Crippen LogP contribution in [0, 0.1) is 5.92 Å². The Kier molecular flexibility index (Phi) is 3.75. The molecule has 2 heterocycles. The Morgan fingerprint density at radius 3 is 1.71 bits per heavy atom. The van der Waals surface area contributed by atoms with E-state index >= 15 is 0 Å². The Balaban J connectivity index is 1.82. The van der Waals surface area contributed by atoms with Gasteiger partial charge in [-0.2, -0.15) is 0 Å². The minimum atomic E-state index is 0.162. The van der Waals surface area contributed by atoms with E-state index in [9.17, 15) is 0 Å². The van der Waals surface area contributed by atoms with Gasteiger partial charge in [-0.25, -0.2) is 0 Å². The molecule has 2 rings (SSSR count). The maximum Gasteiger partial charge on any atom is 0.0860 e. The van der Waals surface area contributed by atoms with Crippen molar-refractivity contribution in [2.45, 2.75) is 19.1 Å². The van der Waals surface area contributed by atoms with Crippen LogP contribution in [-0.4, -0.2) is 51.8 Å². The molecule has 0 saturated carbocycles. The molecule has 2 aliphatic rings. The summed E-state index contributed by atoms with van der Waals surface area (Å²) in [5, 5.41) is 0. The van der Waals surface area contributed by atoms with Crippen molar-refractivity contribution in [1.82, 2.24) is 0 Å². The van der Waals surface area contributed by atoms with Gasteiger partial charge in [0.25, 0.3) is 0 Å². The van der Waals surface area contributed by atoms with Gasteiger partial charge in [-0.15, -0.1) is 0 Å². The zero-order valence-corrected chi connectivity index (χ0v) is 8.61. The molecule has 2 fully saturated rings. The second-order valence-electron chi connectivity index (χ2n) is 3.83. The predicted octanol–water partition coefficient (Wildman–Crippen LogP) is 0.453. The van der Waals surface area contributed by atoms with Crippen molar-refractivity contribution in [3.8, 4) is 0 Å². The highest BCUT2D eigenvalue weighted by atomic mass is 16.6. The second-order valence-corrected chi connectivity index (χ2v) is 3.83. The minimum absolute atomic E-state index is 0.162. The van der Waals surface area contributed by atoms with Crippen molar-refractivity contribution >= 4 is 0 Å². The van der Waals surface area contributed by atoms with Crippen LogP contribution < -0.4 is 0 Å². The number of hydrogen-bond acceptors (Lipinski definition) is 4. The van der Waals surface area contributed by atoms with E-state index in [4.69, 9.17) is 18.9 Å². The third-order valence-electron chi connectivity index (χ3n) is 2.86. The molecule has 0 radical (unpaired) electrons. The highest BCUT2D eigenvalue weighted by Crippen LogP contribution is 2.20. The fourth-order valence-electron chi connectivity index (χ4n) is 1.86. The molecule has 0 bridgehead atoms. The molecule has 2 unspecified atom stereocenters. The van der Waals surface area contributed by atoms with Crippen LogP contribution in [0.2, 0.25) is 0 Å². The predicted molar refractivity (Wildman–Crippen MR) is 50.3 cm³/mol. The molecule has 2 saturated heterocycles. The summed E-state index contributed by atoms with van der Waals surface area (Å²) in [6.45, 7) is 6.32. The first kappa shape index (κ1) is 10.4. The molecule has 0 aromatic heterocycles. The first-order valence-corrected chi connectivity index (χ1v) is 5.26. The van der Waals surface area contributed by atoms with E-state index in [1.165, 1.54) is 0 Å². The van der Waals surface area contributed by atoms with Crippen molar-refractivity contribution in [2.24, 2.45) is 5.92 Å². The van der Waals surface area contributed by atoms with Gasteiger partial charge in [0.1, 0.15) is 0 Å². The third kappa shape index (κ3) is 2.45. The zero-order chi connectivity index (χ0) is 9.80. The first-order chi connectivity index (χ1) is 6.88. The van der Waals surface area contributed by atoms with Crippen molar-refractivity contribution in [3.05, 3.63) is 0 Å². The molecule has 0 amide bonds. The SMILES string of the molecule is CC(C1COCCO1)C1COCCO1. The average molecular weight is 202 g/mol. The lowest BCUT2D eigenvalue weighted by Gasteiger charge is -2.34. The highest BCUT2D eigenvalue weighted by molar-refractivity contribution is 4.77. The van der Waals surface area contributed by atoms with Crippen molar-refractivity contribution in [2.75, 3.05) is 39.6 Å². The van der Waals surface area contributed by atoms with Crippen LogP contribution in [0.5, 0.6) is 0 Å². The van der Waals surface area contributed by atoms with E-state index in [1.807, 2.05) is 0 Å². The summed E-state index contributed by atoms with van der Waals surface area (Å²) in [6.07, 6.45) is 0.325. The Morgan fingerprint density at radius 1 is 0.857 bits per heavy atom. The van der Waals surface area contributed by atoms with E-state index < -0.39 is 0 Å². The summed E-state index contributed by atoms with van der Waals surface area (Å²) in [5.74, 6) is 0.343. The molecule has 0 aromatic carbocycles. The lowest BCUT2D eigenvalue weighted by atomic mass is 9.98. The quantitative estimate of drug-likeness (QED) is 0.651. The molecule has 2 aliphatic heterocycles. The number of ether oxygens (including phenoxy) is 4. The number of rotatable bonds is 2. The van der Waals surface area contributed by atoms with Gasteiger partial charge in [0.2, 0.25) is 0 Å². The minimum Gasteiger partial charge on any atom is -0.376 e. The summed E-state index contributed by atoms with van der Waals surface area (Å²) in [4.78, 5) is 0. The van der Waals surface area contributed by atoms with Crippen LogP contribution in [0.3, 0.4) is 0 Å². The van der Waals surface area contributed by atoms with E-state index in [2.05, 4.69) is 6.92 Å².